The van der Waals surface area contributed by atoms with Crippen LogP contribution in [0.5, 0.6) is 0 Å². The van der Waals surface area contributed by atoms with Crippen LogP contribution in [-0.2, 0) is 13.1 Å². The Bertz CT molecular complexity index is 763. The number of nitrogens with one attached hydrogen (secondary N) is 1. The van der Waals surface area contributed by atoms with E-state index in [1.54, 1.807) is 16.9 Å². The van der Waals surface area contributed by atoms with Crippen LogP contribution in [0.2, 0.25) is 0 Å². The lowest BCUT2D eigenvalue weighted by Gasteiger charge is -2.02. The van der Waals surface area contributed by atoms with E-state index in [0.717, 1.165) is 17.8 Å². The zero-order valence-electron chi connectivity index (χ0n) is 11.3. The van der Waals surface area contributed by atoms with Crippen LogP contribution in [0.4, 0.5) is 0 Å². The van der Waals surface area contributed by atoms with Gasteiger partial charge in [0.25, 0.3) is 0 Å². The summed E-state index contributed by atoms with van der Waals surface area (Å²) >= 11 is 0. The minimum Gasteiger partial charge on any atom is -0.467 e. The van der Waals surface area contributed by atoms with Crippen LogP contribution in [0.25, 0.3) is 11.4 Å². The normalized spacial score (nSPS) is 11.1. The van der Waals surface area contributed by atoms with Crippen molar-refractivity contribution in [2.45, 2.75) is 26.9 Å². The fraction of sp³-hybridized carbons (Fsp3) is 0.308. The molecule has 3 aromatic heterocycles. The van der Waals surface area contributed by atoms with Crippen LogP contribution in [0, 0.1) is 6.92 Å². The second kappa shape index (κ2) is 4.84. The van der Waals surface area contributed by atoms with Crippen LogP contribution in [0.15, 0.2) is 33.8 Å². The first-order valence-electron chi connectivity index (χ1n) is 6.41. The Labute approximate surface area is 114 Å². The van der Waals surface area contributed by atoms with Gasteiger partial charge in [0.1, 0.15) is 5.76 Å². The molecular formula is C13H15N5O2. The third-order valence-electron chi connectivity index (χ3n) is 3.16. The molecule has 0 spiro atoms. The van der Waals surface area contributed by atoms with Gasteiger partial charge in [-0.3, -0.25) is 9.25 Å². The number of furan rings is 1. The van der Waals surface area contributed by atoms with Gasteiger partial charge in [0.05, 0.1) is 24.1 Å². The van der Waals surface area contributed by atoms with Gasteiger partial charge in [-0.2, -0.15) is 10.2 Å². The van der Waals surface area contributed by atoms with Crippen LogP contribution in [-0.4, -0.2) is 24.5 Å². The summed E-state index contributed by atoms with van der Waals surface area (Å²) < 4.78 is 8.65. The average Bonchev–Trinajstić information content (AvgIpc) is 3.13. The third-order valence-corrected chi connectivity index (χ3v) is 3.16. The molecule has 7 nitrogen and oxygen atoms in total. The van der Waals surface area contributed by atoms with Crippen molar-refractivity contribution < 1.29 is 4.42 Å². The van der Waals surface area contributed by atoms with E-state index in [1.165, 1.54) is 0 Å². The lowest BCUT2D eigenvalue weighted by Crippen LogP contribution is -2.18. The molecule has 0 atom stereocenters. The Balaban J connectivity index is 2.06. The highest BCUT2D eigenvalue weighted by atomic mass is 16.3. The van der Waals surface area contributed by atoms with E-state index in [1.807, 2.05) is 30.8 Å². The van der Waals surface area contributed by atoms with Crippen molar-refractivity contribution >= 4 is 0 Å². The van der Waals surface area contributed by atoms with Gasteiger partial charge in [0.15, 0.2) is 5.82 Å². The van der Waals surface area contributed by atoms with E-state index in [4.69, 9.17) is 4.42 Å². The van der Waals surface area contributed by atoms with Crippen molar-refractivity contribution in [3.8, 4) is 11.4 Å². The molecule has 3 aromatic rings. The third kappa shape index (κ3) is 2.07. The number of rotatable bonds is 4. The maximum absolute atomic E-state index is 11.9. The molecule has 7 heteroatoms. The van der Waals surface area contributed by atoms with Gasteiger partial charge in [-0.15, -0.1) is 0 Å². The van der Waals surface area contributed by atoms with E-state index < -0.39 is 0 Å². The van der Waals surface area contributed by atoms with Crippen LogP contribution < -0.4 is 5.69 Å². The first-order valence-corrected chi connectivity index (χ1v) is 6.41. The standard InChI is InChI=1S/C13H15N5O2/c1-3-17-8-11(9(2)16-17)12-14-15-13(19)18(12)7-10-5-4-6-20-10/h4-6,8H,3,7H2,1-2H3,(H,15,19). The number of H-pyrrole nitrogens is 1. The minimum absolute atomic E-state index is 0.264. The Morgan fingerprint density at radius 3 is 2.95 bits per heavy atom. The van der Waals surface area contributed by atoms with Crippen molar-refractivity contribution in [2.75, 3.05) is 0 Å². The molecule has 0 aromatic carbocycles. The number of hydrogen-bond acceptors (Lipinski definition) is 4. The lowest BCUT2D eigenvalue weighted by molar-refractivity contribution is 0.491. The minimum atomic E-state index is -0.264. The zero-order valence-corrected chi connectivity index (χ0v) is 11.3. The largest absolute Gasteiger partial charge is 0.467 e. The lowest BCUT2D eigenvalue weighted by atomic mass is 10.2. The van der Waals surface area contributed by atoms with Crippen molar-refractivity contribution in [3.63, 3.8) is 0 Å². The molecule has 0 unspecified atom stereocenters. The van der Waals surface area contributed by atoms with Gasteiger partial charge < -0.3 is 4.42 Å². The number of aromatic nitrogens is 5. The summed E-state index contributed by atoms with van der Waals surface area (Å²) in [4.78, 5) is 11.9. The monoisotopic (exact) mass is 273 g/mol. The SMILES string of the molecule is CCn1cc(-c2n[nH]c(=O)n2Cc2ccco2)c(C)n1. The molecule has 0 radical (unpaired) electrons. The summed E-state index contributed by atoms with van der Waals surface area (Å²) in [5.74, 6) is 1.28. The maximum Gasteiger partial charge on any atom is 0.344 e. The van der Waals surface area contributed by atoms with Crippen molar-refractivity contribution in [1.82, 2.24) is 24.5 Å². The van der Waals surface area contributed by atoms with E-state index in [-0.39, 0.29) is 5.69 Å². The second-order valence-electron chi connectivity index (χ2n) is 4.50. The Morgan fingerprint density at radius 1 is 1.45 bits per heavy atom. The van der Waals surface area contributed by atoms with Gasteiger partial charge in [-0.25, -0.2) is 9.89 Å². The molecule has 0 aliphatic rings. The predicted octanol–water partition coefficient (Wildman–Crippen LogP) is 1.40. The molecule has 3 heterocycles. The molecule has 0 fully saturated rings. The Kier molecular flexibility index (Phi) is 3.02. The fourth-order valence-corrected chi connectivity index (χ4v) is 2.13. The molecule has 0 saturated carbocycles. The summed E-state index contributed by atoms with van der Waals surface area (Å²) in [6, 6.07) is 3.62. The first kappa shape index (κ1) is 12.5. The Hall–Kier alpha value is -2.57. The van der Waals surface area contributed by atoms with E-state index in [2.05, 4.69) is 15.3 Å². The summed E-state index contributed by atoms with van der Waals surface area (Å²) in [5.41, 5.74) is 1.42. The summed E-state index contributed by atoms with van der Waals surface area (Å²) in [5, 5.41) is 11.0. The molecule has 104 valence electrons. The number of nitrogens with zero attached hydrogens (tertiary/aromatic N) is 4. The van der Waals surface area contributed by atoms with Gasteiger partial charge in [0.2, 0.25) is 0 Å². The quantitative estimate of drug-likeness (QED) is 0.779. The summed E-state index contributed by atoms with van der Waals surface area (Å²) in [6.45, 7) is 5.02. The molecular weight excluding hydrogens is 258 g/mol. The highest BCUT2D eigenvalue weighted by molar-refractivity contribution is 5.56. The number of aromatic amines is 1. The van der Waals surface area contributed by atoms with Crippen LogP contribution >= 0.6 is 0 Å². The molecule has 0 aliphatic heterocycles. The first-order chi connectivity index (χ1) is 9.69. The van der Waals surface area contributed by atoms with Gasteiger partial charge in [-0.05, 0) is 26.0 Å². The maximum atomic E-state index is 11.9. The van der Waals surface area contributed by atoms with E-state index in [9.17, 15) is 4.79 Å². The smallest absolute Gasteiger partial charge is 0.344 e. The predicted molar refractivity (Wildman–Crippen MR) is 72.3 cm³/mol. The number of hydrogen-bond donors (Lipinski definition) is 1. The van der Waals surface area contributed by atoms with Crippen molar-refractivity contribution in [2.24, 2.45) is 0 Å². The van der Waals surface area contributed by atoms with Gasteiger partial charge in [0, 0.05) is 12.7 Å². The molecule has 1 N–H and O–H groups in total. The Morgan fingerprint density at radius 2 is 2.30 bits per heavy atom. The van der Waals surface area contributed by atoms with Crippen molar-refractivity contribution in [3.05, 3.63) is 46.5 Å². The second-order valence-corrected chi connectivity index (χ2v) is 4.50. The average molecular weight is 273 g/mol. The summed E-state index contributed by atoms with van der Waals surface area (Å²) in [6.07, 6.45) is 3.48. The zero-order chi connectivity index (χ0) is 14.1. The molecule has 3 rings (SSSR count). The van der Waals surface area contributed by atoms with Gasteiger partial charge in [-0.1, -0.05) is 0 Å². The molecule has 0 saturated heterocycles. The molecule has 0 bridgehead atoms. The van der Waals surface area contributed by atoms with Crippen LogP contribution in [0.1, 0.15) is 18.4 Å². The van der Waals surface area contributed by atoms with Crippen molar-refractivity contribution in [1.29, 1.82) is 0 Å². The summed E-state index contributed by atoms with van der Waals surface area (Å²) in [7, 11) is 0. The molecule has 20 heavy (non-hydrogen) atoms. The van der Waals surface area contributed by atoms with E-state index in [0.29, 0.717) is 18.1 Å². The van der Waals surface area contributed by atoms with Crippen LogP contribution in [0.3, 0.4) is 0 Å². The highest BCUT2D eigenvalue weighted by Crippen LogP contribution is 2.19. The molecule has 0 aliphatic carbocycles. The number of aryl methyl sites for hydroxylation is 2. The fourth-order valence-electron chi connectivity index (χ4n) is 2.13. The van der Waals surface area contributed by atoms with E-state index >= 15 is 0 Å². The topological polar surface area (TPSA) is 81.6 Å². The highest BCUT2D eigenvalue weighted by Gasteiger charge is 2.16. The van der Waals surface area contributed by atoms with Gasteiger partial charge >= 0.3 is 5.69 Å². The molecule has 0 amide bonds.